The molecule has 0 aliphatic heterocycles. The highest BCUT2D eigenvalue weighted by Gasteiger charge is 2.13. The summed E-state index contributed by atoms with van der Waals surface area (Å²) in [6.07, 6.45) is 1.38. The molecule has 3 N–H and O–H groups in total. The zero-order valence-corrected chi connectivity index (χ0v) is 17.2. The fourth-order valence-corrected chi connectivity index (χ4v) is 2.69. The van der Waals surface area contributed by atoms with Crippen LogP contribution in [0.2, 0.25) is 0 Å². The average molecular weight is 436 g/mol. The van der Waals surface area contributed by atoms with Gasteiger partial charge < -0.3 is 24.4 Å². The number of hydrogen-bond donors (Lipinski definition) is 3. The molecule has 164 valence electrons. The van der Waals surface area contributed by atoms with Crippen molar-refractivity contribution in [3.63, 3.8) is 0 Å². The minimum absolute atomic E-state index is 0.0302. The van der Waals surface area contributed by atoms with E-state index in [0.717, 1.165) is 6.07 Å². The lowest BCUT2D eigenvalue weighted by molar-refractivity contribution is 0.0734. The summed E-state index contributed by atoms with van der Waals surface area (Å²) in [5.41, 5.74) is 3.18. The lowest BCUT2D eigenvalue weighted by Crippen LogP contribution is -2.17. The fourth-order valence-electron chi connectivity index (χ4n) is 2.69. The molecule has 3 aromatic rings. The molecule has 0 aromatic heterocycles. The summed E-state index contributed by atoms with van der Waals surface area (Å²) in [4.78, 5) is 24.4. The van der Waals surface area contributed by atoms with Crippen LogP contribution in [0, 0.1) is 0 Å². The number of aromatic hydroxyl groups is 2. The first kappa shape index (κ1) is 22.2. The molecule has 1 amide bonds. The number of methoxy groups -OCH3 is 2. The van der Waals surface area contributed by atoms with Crippen LogP contribution >= 0.6 is 0 Å². The monoisotopic (exact) mass is 436 g/mol. The number of nitrogens with zero attached hydrogens (tertiary/aromatic N) is 1. The Morgan fingerprint density at radius 1 is 0.906 bits per heavy atom. The Balaban J connectivity index is 1.60. The minimum Gasteiger partial charge on any atom is -0.508 e. The van der Waals surface area contributed by atoms with E-state index >= 15 is 0 Å². The molecule has 0 aliphatic carbocycles. The van der Waals surface area contributed by atoms with Gasteiger partial charge in [-0.3, -0.25) is 4.79 Å². The van der Waals surface area contributed by atoms with E-state index in [4.69, 9.17) is 14.2 Å². The molecule has 9 heteroatoms. The second-order valence-corrected chi connectivity index (χ2v) is 6.43. The van der Waals surface area contributed by atoms with Crippen LogP contribution in [0.5, 0.6) is 28.7 Å². The Bertz CT molecular complexity index is 1160. The molecular weight excluding hydrogens is 416 g/mol. The van der Waals surface area contributed by atoms with E-state index < -0.39 is 11.9 Å². The van der Waals surface area contributed by atoms with Gasteiger partial charge in [0.2, 0.25) is 0 Å². The van der Waals surface area contributed by atoms with Gasteiger partial charge >= 0.3 is 5.97 Å². The summed E-state index contributed by atoms with van der Waals surface area (Å²) >= 11 is 0. The second kappa shape index (κ2) is 9.98. The minimum atomic E-state index is -0.640. The number of carbonyl (C=O) groups excluding carboxylic acids is 2. The number of benzene rings is 3. The van der Waals surface area contributed by atoms with Crippen molar-refractivity contribution in [1.82, 2.24) is 5.43 Å². The van der Waals surface area contributed by atoms with Gasteiger partial charge in [-0.25, -0.2) is 10.2 Å². The zero-order valence-electron chi connectivity index (χ0n) is 17.2. The van der Waals surface area contributed by atoms with E-state index in [2.05, 4.69) is 10.5 Å². The Kier molecular flexibility index (Phi) is 6.92. The standard InChI is InChI=1S/C23H20N2O7/c1-30-20-10-5-15(11-21(20)31-2)23(29)32-17-7-3-14(4-8-17)13-24-25-22(28)18-9-6-16(26)12-19(18)27/h3-13,26-27H,1-2H3,(H,25,28). The highest BCUT2D eigenvalue weighted by Crippen LogP contribution is 2.28. The third-order valence-electron chi connectivity index (χ3n) is 4.32. The van der Waals surface area contributed by atoms with Gasteiger partial charge in [-0.15, -0.1) is 0 Å². The van der Waals surface area contributed by atoms with Crippen molar-refractivity contribution in [2.45, 2.75) is 0 Å². The Labute approximate surface area is 183 Å². The van der Waals surface area contributed by atoms with Gasteiger partial charge in [0.1, 0.15) is 17.2 Å². The number of phenols is 2. The number of hydrazone groups is 1. The Morgan fingerprint density at radius 3 is 2.28 bits per heavy atom. The van der Waals surface area contributed by atoms with Gasteiger partial charge in [0, 0.05) is 6.07 Å². The van der Waals surface area contributed by atoms with Gasteiger partial charge in [0.15, 0.2) is 11.5 Å². The van der Waals surface area contributed by atoms with Gasteiger partial charge in [-0.05, 0) is 60.2 Å². The van der Waals surface area contributed by atoms with Gasteiger partial charge in [-0.2, -0.15) is 5.10 Å². The molecule has 3 aromatic carbocycles. The SMILES string of the molecule is COc1ccc(C(=O)Oc2ccc(C=NNC(=O)c3ccc(O)cc3O)cc2)cc1OC. The van der Waals surface area contributed by atoms with E-state index in [0.29, 0.717) is 28.4 Å². The predicted molar refractivity (Wildman–Crippen MR) is 116 cm³/mol. The number of nitrogens with one attached hydrogen (secondary N) is 1. The molecule has 0 saturated heterocycles. The first-order valence-corrected chi connectivity index (χ1v) is 9.31. The molecule has 9 nitrogen and oxygen atoms in total. The number of rotatable bonds is 7. The molecule has 0 bridgehead atoms. The quantitative estimate of drug-likeness (QED) is 0.225. The maximum absolute atomic E-state index is 12.4. The summed E-state index contributed by atoms with van der Waals surface area (Å²) < 4.78 is 15.7. The van der Waals surface area contributed by atoms with E-state index in [1.807, 2.05) is 0 Å². The third-order valence-corrected chi connectivity index (χ3v) is 4.32. The summed E-state index contributed by atoms with van der Waals surface area (Å²) in [5.74, 6) is -0.489. The molecular formula is C23H20N2O7. The number of carbonyl (C=O) groups is 2. The summed E-state index contributed by atoms with van der Waals surface area (Å²) in [5, 5.41) is 22.8. The number of phenolic OH excluding ortho intramolecular Hbond substituents is 2. The molecule has 0 fully saturated rings. The number of hydrogen-bond acceptors (Lipinski definition) is 8. The smallest absolute Gasteiger partial charge is 0.343 e. The number of esters is 1. The van der Waals surface area contributed by atoms with E-state index in [1.54, 1.807) is 36.4 Å². The largest absolute Gasteiger partial charge is 0.508 e. The fraction of sp³-hybridized carbons (Fsp3) is 0.0870. The molecule has 3 rings (SSSR count). The molecule has 32 heavy (non-hydrogen) atoms. The maximum Gasteiger partial charge on any atom is 0.343 e. The normalized spacial score (nSPS) is 10.6. The summed E-state index contributed by atoms with van der Waals surface area (Å²) in [6, 6.07) is 14.8. The van der Waals surface area contributed by atoms with Crippen LogP contribution in [0.1, 0.15) is 26.3 Å². The van der Waals surface area contributed by atoms with Crippen molar-refractivity contribution in [3.05, 3.63) is 77.4 Å². The molecule has 0 aliphatic rings. The van der Waals surface area contributed by atoms with Crippen LogP contribution in [0.15, 0.2) is 65.8 Å². The van der Waals surface area contributed by atoms with Crippen molar-refractivity contribution in [2.75, 3.05) is 14.2 Å². The Morgan fingerprint density at radius 2 is 1.62 bits per heavy atom. The highest BCUT2D eigenvalue weighted by molar-refractivity contribution is 5.97. The van der Waals surface area contributed by atoms with Crippen molar-refractivity contribution in [2.24, 2.45) is 5.10 Å². The van der Waals surface area contributed by atoms with Crippen molar-refractivity contribution >= 4 is 18.1 Å². The van der Waals surface area contributed by atoms with Gasteiger partial charge in [-0.1, -0.05) is 0 Å². The highest BCUT2D eigenvalue weighted by atomic mass is 16.5. The van der Waals surface area contributed by atoms with Crippen LogP contribution < -0.4 is 19.6 Å². The van der Waals surface area contributed by atoms with E-state index in [-0.39, 0.29) is 17.1 Å². The lowest BCUT2D eigenvalue weighted by Gasteiger charge is -2.09. The second-order valence-electron chi connectivity index (χ2n) is 6.43. The summed E-state index contributed by atoms with van der Waals surface area (Å²) in [6.45, 7) is 0. The van der Waals surface area contributed by atoms with Crippen LogP contribution in [-0.4, -0.2) is 42.5 Å². The third kappa shape index (κ3) is 5.33. The zero-order chi connectivity index (χ0) is 23.1. The first-order chi connectivity index (χ1) is 15.4. The van der Waals surface area contributed by atoms with E-state index in [1.165, 1.54) is 38.6 Å². The van der Waals surface area contributed by atoms with Gasteiger partial charge in [0.25, 0.3) is 5.91 Å². The Hall–Kier alpha value is -4.53. The molecule has 0 saturated carbocycles. The molecule has 0 spiro atoms. The van der Waals surface area contributed by atoms with Crippen LogP contribution in [0.4, 0.5) is 0 Å². The number of amides is 1. The maximum atomic E-state index is 12.4. The van der Waals surface area contributed by atoms with Crippen LogP contribution in [-0.2, 0) is 0 Å². The van der Waals surface area contributed by atoms with Crippen LogP contribution in [0.3, 0.4) is 0 Å². The van der Waals surface area contributed by atoms with Crippen molar-refractivity contribution in [3.8, 4) is 28.7 Å². The van der Waals surface area contributed by atoms with Crippen molar-refractivity contribution in [1.29, 1.82) is 0 Å². The van der Waals surface area contributed by atoms with E-state index in [9.17, 15) is 19.8 Å². The molecule has 0 unspecified atom stereocenters. The lowest BCUT2D eigenvalue weighted by atomic mass is 10.2. The topological polar surface area (TPSA) is 127 Å². The first-order valence-electron chi connectivity index (χ1n) is 9.31. The predicted octanol–water partition coefficient (Wildman–Crippen LogP) is 3.10. The van der Waals surface area contributed by atoms with Crippen molar-refractivity contribution < 1.29 is 34.0 Å². The van der Waals surface area contributed by atoms with Crippen LogP contribution in [0.25, 0.3) is 0 Å². The molecule has 0 atom stereocenters. The molecule has 0 radical (unpaired) electrons. The average Bonchev–Trinajstić information content (AvgIpc) is 2.79. The number of ether oxygens (including phenoxy) is 3. The van der Waals surface area contributed by atoms with Gasteiger partial charge in [0.05, 0.1) is 31.6 Å². The molecule has 0 heterocycles. The summed E-state index contributed by atoms with van der Waals surface area (Å²) in [7, 11) is 2.98.